The van der Waals surface area contributed by atoms with Gasteiger partial charge in [0.1, 0.15) is 11.8 Å². The van der Waals surface area contributed by atoms with Gasteiger partial charge in [0.15, 0.2) is 3.92 Å². The lowest BCUT2D eigenvalue weighted by atomic mass is 9.80. The van der Waals surface area contributed by atoms with Gasteiger partial charge in [0.2, 0.25) is 5.13 Å². The van der Waals surface area contributed by atoms with Crippen molar-refractivity contribution in [3.05, 3.63) is 3.92 Å². The summed E-state index contributed by atoms with van der Waals surface area (Å²) < 4.78 is 21.6. The van der Waals surface area contributed by atoms with Crippen LogP contribution in [0.4, 0.5) is 14.3 Å². The maximum Gasteiger partial charge on any atom is 0.410 e. The first-order chi connectivity index (χ1) is 11.7. The minimum absolute atomic E-state index is 0.00409. The first-order valence-electron chi connectivity index (χ1n) is 8.54. The van der Waals surface area contributed by atoms with Gasteiger partial charge in [-0.05, 0) is 62.4 Å². The van der Waals surface area contributed by atoms with Crippen molar-refractivity contribution in [2.24, 2.45) is 0 Å². The highest BCUT2D eigenvalue weighted by Gasteiger charge is 2.50. The number of alkyl halides is 1. The molecule has 0 unspecified atom stereocenters. The number of fused-ring (bicyclic) bond motifs is 2. The molecule has 0 spiro atoms. The standard InChI is InChI=1S/C16H24BrFN4O2S/c1-16(2,3)24-15(23)22-9-6-5-7-10(22)12(18)11(8-9)21(4)14-20-19-13(17)25-14/h9-12H,5-8H2,1-4H3/t9-,10+,11-,12+/m1/s1. The molecule has 2 saturated heterocycles. The summed E-state index contributed by atoms with van der Waals surface area (Å²) in [4.78, 5) is 16.1. The molecule has 0 N–H and O–H groups in total. The molecular weight excluding hydrogens is 411 g/mol. The van der Waals surface area contributed by atoms with Crippen LogP contribution in [0.15, 0.2) is 3.92 Å². The van der Waals surface area contributed by atoms with Gasteiger partial charge >= 0.3 is 6.09 Å². The van der Waals surface area contributed by atoms with E-state index in [1.807, 2.05) is 32.7 Å². The van der Waals surface area contributed by atoms with Crippen molar-refractivity contribution in [3.63, 3.8) is 0 Å². The predicted octanol–water partition coefficient (Wildman–Crippen LogP) is 4.01. The van der Waals surface area contributed by atoms with Crippen molar-refractivity contribution in [2.75, 3.05) is 11.9 Å². The molecule has 0 aliphatic carbocycles. The van der Waals surface area contributed by atoms with Crippen LogP contribution in [0.3, 0.4) is 0 Å². The monoisotopic (exact) mass is 434 g/mol. The maximum absolute atomic E-state index is 15.4. The van der Waals surface area contributed by atoms with Crippen LogP contribution >= 0.6 is 27.3 Å². The molecule has 1 amide bonds. The summed E-state index contributed by atoms with van der Waals surface area (Å²) in [6.45, 7) is 5.50. The molecule has 3 rings (SSSR count). The number of rotatable bonds is 2. The quantitative estimate of drug-likeness (QED) is 0.703. The smallest absolute Gasteiger partial charge is 0.410 e. The highest BCUT2D eigenvalue weighted by molar-refractivity contribution is 9.11. The van der Waals surface area contributed by atoms with Crippen LogP contribution in [-0.2, 0) is 4.74 Å². The Balaban J connectivity index is 1.79. The van der Waals surface area contributed by atoms with Crippen LogP contribution in [0.1, 0.15) is 46.5 Å². The van der Waals surface area contributed by atoms with E-state index < -0.39 is 23.9 Å². The van der Waals surface area contributed by atoms with Crippen LogP contribution in [-0.4, -0.2) is 58.1 Å². The number of halogens is 2. The molecule has 3 heterocycles. The normalized spacial score (nSPS) is 29.4. The lowest BCUT2D eigenvalue weighted by molar-refractivity contribution is -0.0466. The number of nitrogens with zero attached hydrogens (tertiary/aromatic N) is 4. The molecule has 4 atom stereocenters. The predicted molar refractivity (Wildman–Crippen MR) is 98.8 cm³/mol. The van der Waals surface area contributed by atoms with Gasteiger partial charge in [0.05, 0.1) is 12.1 Å². The van der Waals surface area contributed by atoms with Crippen molar-refractivity contribution >= 4 is 38.5 Å². The van der Waals surface area contributed by atoms with E-state index in [0.717, 1.165) is 12.8 Å². The van der Waals surface area contributed by atoms with Gasteiger partial charge in [-0.3, -0.25) is 4.90 Å². The summed E-state index contributed by atoms with van der Waals surface area (Å²) in [5, 5.41) is 8.73. The minimum Gasteiger partial charge on any atom is -0.444 e. The zero-order valence-electron chi connectivity index (χ0n) is 14.9. The third-order valence-electron chi connectivity index (χ3n) is 4.83. The van der Waals surface area contributed by atoms with Crippen LogP contribution in [0, 0.1) is 0 Å². The fraction of sp³-hybridized carbons (Fsp3) is 0.812. The van der Waals surface area contributed by atoms with Gasteiger partial charge in [-0.1, -0.05) is 11.3 Å². The largest absolute Gasteiger partial charge is 0.444 e. The summed E-state index contributed by atoms with van der Waals surface area (Å²) in [6, 6.07) is -0.746. The molecule has 0 aromatic carbocycles. The number of aromatic nitrogens is 2. The number of ether oxygens (including phenoxy) is 1. The van der Waals surface area contributed by atoms with Crippen molar-refractivity contribution < 1.29 is 13.9 Å². The van der Waals surface area contributed by atoms with Crippen LogP contribution in [0.25, 0.3) is 0 Å². The first-order valence-corrected chi connectivity index (χ1v) is 10.2. The van der Waals surface area contributed by atoms with Gasteiger partial charge in [-0.25, -0.2) is 9.18 Å². The lowest BCUT2D eigenvalue weighted by Gasteiger charge is -2.51. The highest BCUT2D eigenvalue weighted by atomic mass is 79.9. The number of carbonyl (C=O) groups excluding carboxylic acids is 1. The van der Waals surface area contributed by atoms with Gasteiger partial charge < -0.3 is 9.64 Å². The molecule has 0 radical (unpaired) electrons. The summed E-state index contributed by atoms with van der Waals surface area (Å²) in [7, 11) is 1.85. The molecule has 6 nitrogen and oxygen atoms in total. The molecule has 0 saturated carbocycles. The number of hydrogen-bond acceptors (Lipinski definition) is 6. The summed E-state index contributed by atoms with van der Waals surface area (Å²) in [5.41, 5.74) is -0.580. The van der Waals surface area contributed by atoms with Gasteiger partial charge in [-0.15, -0.1) is 10.2 Å². The zero-order chi connectivity index (χ0) is 18.4. The third-order valence-corrected chi connectivity index (χ3v) is 6.28. The minimum atomic E-state index is -1.14. The van der Waals surface area contributed by atoms with E-state index in [2.05, 4.69) is 26.1 Å². The van der Waals surface area contributed by atoms with E-state index in [1.54, 1.807) is 4.90 Å². The van der Waals surface area contributed by atoms with E-state index in [1.165, 1.54) is 11.3 Å². The van der Waals surface area contributed by atoms with Crippen LogP contribution in [0.2, 0.25) is 0 Å². The molecule has 2 fully saturated rings. The molecule has 2 aliphatic heterocycles. The second-order valence-electron chi connectivity index (χ2n) is 7.74. The number of amides is 1. The molecular formula is C16H24BrFN4O2S. The van der Waals surface area contributed by atoms with E-state index in [9.17, 15) is 4.79 Å². The Labute approximate surface area is 159 Å². The van der Waals surface area contributed by atoms with Gasteiger partial charge in [-0.2, -0.15) is 0 Å². The SMILES string of the molecule is CN(c1nnc(Br)s1)[C@@H]1C[C@H]2CCC[C@@H]([C@@H]1F)N2C(=O)OC(C)(C)C. The maximum atomic E-state index is 15.4. The Bertz CT molecular complexity index is 638. The van der Waals surface area contributed by atoms with Crippen LogP contribution in [0.5, 0.6) is 0 Å². The van der Waals surface area contributed by atoms with Gasteiger partial charge in [0.25, 0.3) is 0 Å². The topological polar surface area (TPSA) is 58.6 Å². The average molecular weight is 435 g/mol. The lowest BCUT2D eigenvalue weighted by Crippen LogP contribution is -2.65. The van der Waals surface area contributed by atoms with E-state index in [0.29, 0.717) is 21.9 Å². The number of piperidine rings is 2. The fourth-order valence-corrected chi connectivity index (χ4v) is 4.88. The Kier molecular flexibility index (Phi) is 5.26. The second kappa shape index (κ2) is 6.98. The Morgan fingerprint density at radius 1 is 1.40 bits per heavy atom. The zero-order valence-corrected chi connectivity index (χ0v) is 17.3. The molecule has 140 valence electrons. The van der Waals surface area contributed by atoms with E-state index >= 15 is 4.39 Å². The third kappa shape index (κ3) is 3.92. The number of carbonyl (C=O) groups is 1. The Hall–Kier alpha value is -0.960. The molecule has 1 aromatic rings. The molecule has 2 aliphatic rings. The van der Waals surface area contributed by atoms with Crippen molar-refractivity contribution in [2.45, 2.75) is 76.4 Å². The fourth-order valence-electron chi connectivity index (χ4n) is 3.77. The van der Waals surface area contributed by atoms with Gasteiger partial charge in [0, 0.05) is 13.1 Å². The van der Waals surface area contributed by atoms with E-state index in [-0.39, 0.29) is 12.1 Å². The summed E-state index contributed by atoms with van der Waals surface area (Å²) in [6.07, 6.45) is 1.52. The number of hydrogen-bond donors (Lipinski definition) is 0. The van der Waals surface area contributed by atoms with Crippen molar-refractivity contribution in [1.29, 1.82) is 0 Å². The highest BCUT2D eigenvalue weighted by Crippen LogP contribution is 2.40. The van der Waals surface area contributed by atoms with Crippen molar-refractivity contribution in [1.82, 2.24) is 15.1 Å². The Morgan fingerprint density at radius 3 is 2.72 bits per heavy atom. The second-order valence-corrected chi connectivity index (χ2v) is 9.97. The summed E-state index contributed by atoms with van der Waals surface area (Å²) >= 11 is 4.68. The van der Waals surface area contributed by atoms with E-state index in [4.69, 9.17) is 4.74 Å². The molecule has 25 heavy (non-hydrogen) atoms. The number of anilines is 1. The Morgan fingerprint density at radius 2 is 2.12 bits per heavy atom. The first kappa shape index (κ1) is 18.8. The molecule has 1 aromatic heterocycles. The molecule has 9 heteroatoms. The average Bonchev–Trinajstić information content (AvgIpc) is 2.94. The summed E-state index contributed by atoms with van der Waals surface area (Å²) in [5.74, 6) is 0. The van der Waals surface area contributed by atoms with Crippen molar-refractivity contribution in [3.8, 4) is 0 Å². The molecule has 2 bridgehead atoms. The van der Waals surface area contributed by atoms with Crippen LogP contribution < -0.4 is 4.90 Å².